The topological polar surface area (TPSA) is 119 Å². The Morgan fingerprint density at radius 3 is 2.08 bits per heavy atom. The summed E-state index contributed by atoms with van der Waals surface area (Å²) in [7, 11) is 0. The van der Waals surface area contributed by atoms with Crippen molar-refractivity contribution in [2.45, 2.75) is 52.1 Å². The molecule has 1 aliphatic rings. The predicted molar refractivity (Wildman–Crippen MR) is 82.1 cm³/mol. The third-order valence-electron chi connectivity index (χ3n) is 3.97. The van der Waals surface area contributed by atoms with Crippen LogP contribution in [0.5, 0.6) is 0 Å². The Labute approximate surface area is 140 Å². The zero-order valence-corrected chi connectivity index (χ0v) is 14.4. The summed E-state index contributed by atoms with van der Waals surface area (Å²) in [5, 5.41) is 19.1. The molecule has 0 aromatic rings. The number of carboxylic acids is 2. The maximum Gasteiger partial charge on any atom is 0.339 e. The van der Waals surface area contributed by atoms with Gasteiger partial charge in [0.2, 0.25) is 5.60 Å². The number of hydrogen-bond acceptors (Lipinski definition) is 6. The summed E-state index contributed by atoms with van der Waals surface area (Å²) in [6.45, 7) is 7.75. The lowest BCUT2D eigenvalue weighted by atomic mass is 9.85. The van der Waals surface area contributed by atoms with Crippen LogP contribution in [0.4, 0.5) is 0 Å². The molecule has 0 aromatic carbocycles. The number of esters is 1. The number of aliphatic carboxylic acids is 2. The van der Waals surface area contributed by atoms with E-state index in [1.165, 1.54) is 19.1 Å². The van der Waals surface area contributed by atoms with Crippen LogP contribution in [0.2, 0.25) is 0 Å². The van der Waals surface area contributed by atoms with Gasteiger partial charge in [-0.15, -0.1) is 0 Å². The molecule has 0 spiro atoms. The molecule has 1 saturated heterocycles. The summed E-state index contributed by atoms with van der Waals surface area (Å²) in [6.07, 6.45) is 1.18. The first-order valence-electron chi connectivity index (χ1n) is 7.64. The van der Waals surface area contributed by atoms with Crippen molar-refractivity contribution in [2.24, 2.45) is 11.8 Å². The van der Waals surface area contributed by atoms with Gasteiger partial charge < -0.3 is 24.4 Å². The van der Waals surface area contributed by atoms with Gasteiger partial charge in [0, 0.05) is 12.8 Å². The van der Waals surface area contributed by atoms with Crippen LogP contribution in [0.25, 0.3) is 0 Å². The highest BCUT2D eigenvalue weighted by Crippen LogP contribution is 2.46. The highest BCUT2D eigenvalue weighted by atomic mass is 16.8. The largest absolute Gasteiger partial charge is 0.479 e. The molecule has 1 rings (SSSR count). The number of carbonyl (C=O) groups is 3. The monoisotopic (exact) mass is 344 g/mol. The molecular formula is C16H24O8. The van der Waals surface area contributed by atoms with E-state index in [4.69, 9.17) is 14.2 Å². The van der Waals surface area contributed by atoms with Gasteiger partial charge in [-0.3, -0.25) is 4.79 Å². The highest BCUT2D eigenvalue weighted by molar-refractivity contribution is 5.88. The quantitative estimate of drug-likeness (QED) is 0.526. The summed E-state index contributed by atoms with van der Waals surface area (Å²) in [5.41, 5.74) is -2.03. The van der Waals surface area contributed by atoms with Crippen molar-refractivity contribution in [3.8, 4) is 0 Å². The number of carboxylic acid groups (broad SMARTS) is 2. The molecule has 3 unspecified atom stereocenters. The van der Waals surface area contributed by atoms with Gasteiger partial charge in [0.25, 0.3) is 0 Å². The highest BCUT2D eigenvalue weighted by Gasteiger charge is 2.66. The first-order chi connectivity index (χ1) is 11.0. The normalized spacial score (nSPS) is 30.2. The van der Waals surface area contributed by atoms with E-state index in [1.54, 1.807) is 27.7 Å². The zero-order valence-electron chi connectivity index (χ0n) is 14.4. The average Bonchev–Trinajstić information content (AvgIpc) is 2.82. The third-order valence-corrected chi connectivity index (χ3v) is 3.97. The maximum absolute atomic E-state index is 11.8. The van der Waals surface area contributed by atoms with Crippen molar-refractivity contribution in [1.82, 2.24) is 0 Å². The van der Waals surface area contributed by atoms with Gasteiger partial charge in [0.1, 0.15) is 6.61 Å². The molecule has 1 heterocycles. The van der Waals surface area contributed by atoms with Crippen LogP contribution in [0.3, 0.4) is 0 Å². The molecule has 1 fully saturated rings. The van der Waals surface area contributed by atoms with E-state index in [9.17, 15) is 24.6 Å². The van der Waals surface area contributed by atoms with Gasteiger partial charge in [-0.25, -0.2) is 9.59 Å². The molecular weight excluding hydrogens is 320 g/mol. The molecule has 0 amide bonds. The molecule has 1 aliphatic heterocycles. The Bertz CT molecular complexity index is 538. The summed E-state index contributed by atoms with van der Waals surface area (Å²) in [5.74, 6) is -5.88. The maximum atomic E-state index is 11.8. The molecule has 24 heavy (non-hydrogen) atoms. The molecule has 0 aliphatic carbocycles. The minimum absolute atomic E-state index is 0.0595. The lowest BCUT2D eigenvalue weighted by Crippen LogP contribution is -2.55. The smallest absolute Gasteiger partial charge is 0.339 e. The molecule has 2 N–H and O–H groups in total. The Balaban J connectivity index is 3.27. The van der Waals surface area contributed by atoms with Crippen LogP contribution < -0.4 is 0 Å². The number of hydrogen-bond donors (Lipinski definition) is 2. The fourth-order valence-electron chi connectivity index (χ4n) is 2.57. The number of rotatable bonds is 7. The van der Waals surface area contributed by atoms with Crippen molar-refractivity contribution in [3.05, 3.63) is 12.2 Å². The number of carbonyl (C=O) groups excluding carboxylic acids is 1. The van der Waals surface area contributed by atoms with Gasteiger partial charge >= 0.3 is 17.9 Å². The van der Waals surface area contributed by atoms with E-state index in [1.807, 2.05) is 0 Å². The van der Waals surface area contributed by atoms with Crippen molar-refractivity contribution < 1.29 is 38.8 Å². The third kappa shape index (κ3) is 3.59. The van der Waals surface area contributed by atoms with E-state index >= 15 is 0 Å². The number of ether oxygens (including phenoxy) is 3. The van der Waals surface area contributed by atoms with Crippen LogP contribution in [-0.2, 0) is 28.6 Å². The Hall–Kier alpha value is -1.93. The van der Waals surface area contributed by atoms with E-state index in [0.29, 0.717) is 0 Å². The molecule has 8 nitrogen and oxygen atoms in total. The first-order valence-corrected chi connectivity index (χ1v) is 7.64. The molecule has 3 atom stereocenters. The van der Waals surface area contributed by atoms with Crippen LogP contribution in [0.1, 0.15) is 34.6 Å². The van der Waals surface area contributed by atoms with Crippen LogP contribution in [0, 0.1) is 11.8 Å². The summed E-state index contributed by atoms with van der Waals surface area (Å²) in [6, 6.07) is 0. The lowest BCUT2D eigenvalue weighted by molar-refractivity contribution is -0.202. The van der Waals surface area contributed by atoms with Crippen molar-refractivity contribution in [3.63, 3.8) is 0 Å². The average molecular weight is 344 g/mol. The molecule has 0 saturated carbocycles. The SMILES string of the molecule is CC(=O)OCC=CC1(C(C)C)OC(C(=O)O)C(C(=O)O)(C(C)C)O1. The van der Waals surface area contributed by atoms with E-state index in [-0.39, 0.29) is 12.5 Å². The summed E-state index contributed by atoms with van der Waals surface area (Å²) < 4.78 is 16.1. The minimum Gasteiger partial charge on any atom is -0.479 e. The van der Waals surface area contributed by atoms with Crippen LogP contribution in [-0.4, -0.2) is 52.2 Å². The second-order valence-electron chi connectivity index (χ2n) is 6.27. The van der Waals surface area contributed by atoms with Crippen molar-refractivity contribution >= 4 is 17.9 Å². The van der Waals surface area contributed by atoms with E-state index in [0.717, 1.165) is 0 Å². The first kappa shape index (κ1) is 20.1. The van der Waals surface area contributed by atoms with Gasteiger partial charge in [-0.05, 0) is 18.1 Å². The Morgan fingerprint density at radius 1 is 1.17 bits per heavy atom. The molecule has 0 radical (unpaired) electrons. The van der Waals surface area contributed by atoms with Crippen molar-refractivity contribution in [2.75, 3.05) is 6.61 Å². The molecule has 0 bridgehead atoms. The molecule has 0 aromatic heterocycles. The van der Waals surface area contributed by atoms with Crippen molar-refractivity contribution in [1.29, 1.82) is 0 Å². The standard InChI is InChI=1S/C16H24O8/c1-9(2)15(7-6-8-22-11(5)17)23-12(13(18)19)16(24-15,10(3)4)14(20)21/h6-7,9-10,12H,8H2,1-5H3,(H,18,19)(H,20,21). The molecule has 8 heteroatoms. The fraction of sp³-hybridized carbons (Fsp3) is 0.688. The van der Waals surface area contributed by atoms with E-state index in [2.05, 4.69) is 0 Å². The fourth-order valence-corrected chi connectivity index (χ4v) is 2.57. The van der Waals surface area contributed by atoms with Gasteiger partial charge in [-0.2, -0.15) is 0 Å². The Morgan fingerprint density at radius 2 is 1.75 bits per heavy atom. The predicted octanol–water partition coefficient (Wildman–Crippen LogP) is 1.44. The second-order valence-corrected chi connectivity index (χ2v) is 6.27. The molecule has 136 valence electrons. The van der Waals surface area contributed by atoms with Crippen LogP contribution in [0.15, 0.2) is 12.2 Å². The van der Waals surface area contributed by atoms with Gasteiger partial charge in [0.05, 0.1) is 0 Å². The van der Waals surface area contributed by atoms with Gasteiger partial charge in [-0.1, -0.05) is 27.7 Å². The minimum atomic E-state index is -2.03. The summed E-state index contributed by atoms with van der Waals surface area (Å²) >= 11 is 0. The second kappa shape index (κ2) is 7.31. The lowest BCUT2D eigenvalue weighted by Gasteiger charge is -2.33. The van der Waals surface area contributed by atoms with Crippen LogP contribution >= 0.6 is 0 Å². The van der Waals surface area contributed by atoms with E-state index < -0.39 is 41.3 Å². The van der Waals surface area contributed by atoms with Gasteiger partial charge in [0.15, 0.2) is 11.9 Å². The summed E-state index contributed by atoms with van der Waals surface area (Å²) in [4.78, 5) is 34.2. The Kier molecular flexibility index (Phi) is 6.13. The zero-order chi connectivity index (χ0) is 18.7.